The first-order valence-corrected chi connectivity index (χ1v) is 8.26. The number of hydrogen-bond acceptors (Lipinski definition) is 5. The van der Waals surface area contributed by atoms with Crippen molar-refractivity contribution in [1.82, 2.24) is 10.2 Å². The number of nitrogens with one attached hydrogen (secondary N) is 1. The van der Waals surface area contributed by atoms with Crippen LogP contribution in [0.1, 0.15) is 45.4 Å². The highest BCUT2D eigenvalue weighted by molar-refractivity contribution is 5.81. The smallest absolute Gasteiger partial charge is 0.326 e. The van der Waals surface area contributed by atoms with E-state index >= 15 is 0 Å². The molecule has 2 rings (SSSR count). The van der Waals surface area contributed by atoms with Gasteiger partial charge in [-0.15, -0.1) is 0 Å². The summed E-state index contributed by atoms with van der Waals surface area (Å²) in [4.78, 5) is 14.6. The predicted octanol–water partition coefficient (Wildman–Crippen LogP) is 1.56. The number of nitrogens with zero attached hydrogens (tertiary/aromatic N) is 1. The second-order valence-corrected chi connectivity index (χ2v) is 6.43. The average Bonchev–Trinajstić information content (AvgIpc) is 2.99. The molecule has 0 aromatic carbocycles. The molecule has 21 heavy (non-hydrogen) atoms. The van der Waals surface area contributed by atoms with Crippen molar-refractivity contribution >= 4 is 5.97 Å². The van der Waals surface area contributed by atoms with Crippen LogP contribution in [0.4, 0.5) is 0 Å². The fourth-order valence-electron chi connectivity index (χ4n) is 3.83. The number of ether oxygens (including phenoxy) is 2. The molecular weight excluding hydrogens is 268 g/mol. The maximum absolute atomic E-state index is 12.3. The summed E-state index contributed by atoms with van der Waals surface area (Å²) < 4.78 is 10.8. The van der Waals surface area contributed by atoms with E-state index in [-0.39, 0.29) is 5.97 Å². The number of carbonyl (C=O) groups excluding carboxylic acids is 1. The zero-order valence-corrected chi connectivity index (χ0v) is 13.7. The van der Waals surface area contributed by atoms with Gasteiger partial charge in [-0.2, -0.15) is 0 Å². The molecule has 5 nitrogen and oxygen atoms in total. The number of likely N-dealkylation sites (N-methyl/N-ethyl adjacent to an activating group) is 2. The summed E-state index contributed by atoms with van der Waals surface area (Å²) in [6.45, 7) is 4.70. The molecule has 0 bridgehead atoms. The first-order chi connectivity index (χ1) is 10.1. The third-order valence-electron chi connectivity index (χ3n) is 4.96. The summed E-state index contributed by atoms with van der Waals surface area (Å²) >= 11 is 0. The molecule has 3 unspecified atom stereocenters. The Morgan fingerprint density at radius 1 is 1.43 bits per heavy atom. The topological polar surface area (TPSA) is 50.8 Å². The van der Waals surface area contributed by atoms with Crippen molar-refractivity contribution in [1.29, 1.82) is 0 Å². The van der Waals surface area contributed by atoms with Crippen molar-refractivity contribution in [3.05, 3.63) is 0 Å². The molecule has 2 fully saturated rings. The van der Waals surface area contributed by atoms with Crippen LogP contribution in [0.15, 0.2) is 0 Å². The lowest BCUT2D eigenvalue weighted by molar-refractivity contribution is -0.151. The average molecular weight is 298 g/mol. The van der Waals surface area contributed by atoms with Crippen LogP contribution >= 0.6 is 0 Å². The van der Waals surface area contributed by atoms with Gasteiger partial charge in [0.15, 0.2) is 0 Å². The highest BCUT2D eigenvalue weighted by Crippen LogP contribution is 2.32. The van der Waals surface area contributed by atoms with E-state index in [4.69, 9.17) is 9.47 Å². The van der Waals surface area contributed by atoms with E-state index in [0.717, 1.165) is 51.8 Å². The second kappa shape index (κ2) is 7.56. The molecule has 1 N–H and O–H groups in total. The quantitative estimate of drug-likeness (QED) is 0.754. The van der Waals surface area contributed by atoms with E-state index in [9.17, 15) is 4.79 Å². The van der Waals surface area contributed by atoms with E-state index < -0.39 is 5.54 Å². The van der Waals surface area contributed by atoms with Gasteiger partial charge in [0, 0.05) is 19.2 Å². The molecule has 122 valence electrons. The van der Waals surface area contributed by atoms with Gasteiger partial charge in [-0.25, -0.2) is 0 Å². The van der Waals surface area contributed by atoms with Gasteiger partial charge in [0.25, 0.3) is 0 Å². The summed E-state index contributed by atoms with van der Waals surface area (Å²) in [6.07, 6.45) is 6.60. The first-order valence-electron chi connectivity index (χ1n) is 8.26. The summed E-state index contributed by atoms with van der Waals surface area (Å²) in [5.41, 5.74) is -0.503. The highest BCUT2D eigenvalue weighted by atomic mass is 16.5. The van der Waals surface area contributed by atoms with Crippen molar-refractivity contribution in [2.45, 2.75) is 63.1 Å². The van der Waals surface area contributed by atoms with Gasteiger partial charge in [-0.3, -0.25) is 4.79 Å². The third kappa shape index (κ3) is 3.96. The molecule has 2 aliphatic rings. The van der Waals surface area contributed by atoms with Gasteiger partial charge in [0.2, 0.25) is 0 Å². The Morgan fingerprint density at radius 2 is 2.24 bits per heavy atom. The standard InChI is InChI=1S/C16H30N2O3/c1-4-17-16(15(19)20-3)9-5-7-13(11-16)18(2)12-14-8-6-10-21-14/h13-14,17H,4-12H2,1-3H3. The number of methoxy groups -OCH3 is 1. The van der Waals surface area contributed by atoms with E-state index in [1.807, 2.05) is 6.92 Å². The number of carbonyl (C=O) groups is 1. The van der Waals surface area contributed by atoms with Crippen LogP contribution in [0.2, 0.25) is 0 Å². The molecular formula is C16H30N2O3. The van der Waals surface area contributed by atoms with Crippen LogP contribution in [-0.4, -0.2) is 62.4 Å². The molecule has 1 saturated heterocycles. The molecule has 1 saturated carbocycles. The molecule has 0 amide bonds. The fraction of sp³-hybridized carbons (Fsp3) is 0.938. The summed E-state index contributed by atoms with van der Waals surface area (Å²) in [7, 11) is 3.65. The monoisotopic (exact) mass is 298 g/mol. The largest absolute Gasteiger partial charge is 0.468 e. The number of hydrogen-bond donors (Lipinski definition) is 1. The highest BCUT2D eigenvalue weighted by Gasteiger charge is 2.44. The second-order valence-electron chi connectivity index (χ2n) is 6.43. The zero-order chi connectivity index (χ0) is 15.3. The van der Waals surface area contributed by atoms with Crippen LogP contribution in [0, 0.1) is 0 Å². The van der Waals surface area contributed by atoms with Crippen LogP contribution in [0.25, 0.3) is 0 Å². The van der Waals surface area contributed by atoms with Crippen molar-refractivity contribution in [3.63, 3.8) is 0 Å². The Hall–Kier alpha value is -0.650. The van der Waals surface area contributed by atoms with Crippen LogP contribution in [0.3, 0.4) is 0 Å². The maximum atomic E-state index is 12.3. The Bertz CT molecular complexity index is 340. The number of esters is 1. The van der Waals surface area contributed by atoms with Crippen molar-refractivity contribution in [2.75, 3.05) is 33.9 Å². The first kappa shape index (κ1) is 16.7. The SMILES string of the molecule is CCNC1(C(=O)OC)CCCC(N(C)CC2CCCO2)C1. The number of rotatable bonds is 6. The predicted molar refractivity (Wildman–Crippen MR) is 82.3 cm³/mol. The molecule has 1 heterocycles. The van der Waals surface area contributed by atoms with Gasteiger partial charge in [0.05, 0.1) is 13.2 Å². The molecule has 0 spiro atoms. The molecule has 0 radical (unpaired) electrons. The van der Waals surface area contributed by atoms with E-state index in [1.165, 1.54) is 13.5 Å². The van der Waals surface area contributed by atoms with E-state index in [0.29, 0.717) is 12.1 Å². The van der Waals surface area contributed by atoms with Gasteiger partial charge in [-0.05, 0) is 52.1 Å². The molecule has 1 aliphatic carbocycles. The van der Waals surface area contributed by atoms with Gasteiger partial charge < -0.3 is 19.7 Å². The summed E-state index contributed by atoms with van der Waals surface area (Å²) in [5.74, 6) is -0.112. The lowest BCUT2D eigenvalue weighted by Gasteiger charge is -2.42. The maximum Gasteiger partial charge on any atom is 0.326 e. The Balaban J connectivity index is 1.98. The van der Waals surface area contributed by atoms with Gasteiger partial charge in [-0.1, -0.05) is 6.92 Å². The Morgan fingerprint density at radius 3 is 2.86 bits per heavy atom. The summed E-state index contributed by atoms with van der Waals surface area (Å²) in [6, 6.07) is 0.418. The molecule has 1 aliphatic heterocycles. The third-order valence-corrected chi connectivity index (χ3v) is 4.96. The Kier molecular flexibility index (Phi) is 6.02. The van der Waals surface area contributed by atoms with Crippen molar-refractivity contribution < 1.29 is 14.3 Å². The van der Waals surface area contributed by atoms with E-state index in [2.05, 4.69) is 17.3 Å². The Labute approximate surface area is 128 Å². The lowest BCUT2D eigenvalue weighted by Crippen LogP contribution is -2.58. The fourth-order valence-corrected chi connectivity index (χ4v) is 3.83. The molecule has 3 atom stereocenters. The molecule has 0 aromatic heterocycles. The van der Waals surface area contributed by atoms with Gasteiger partial charge in [0.1, 0.15) is 5.54 Å². The molecule has 5 heteroatoms. The van der Waals surface area contributed by atoms with E-state index in [1.54, 1.807) is 0 Å². The normalized spacial score (nSPS) is 33.3. The van der Waals surface area contributed by atoms with Crippen molar-refractivity contribution in [3.8, 4) is 0 Å². The molecule has 0 aromatic rings. The minimum atomic E-state index is -0.503. The lowest BCUT2D eigenvalue weighted by atomic mass is 9.78. The van der Waals surface area contributed by atoms with Crippen LogP contribution in [-0.2, 0) is 14.3 Å². The zero-order valence-electron chi connectivity index (χ0n) is 13.7. The summed E-state index contributed by atoms with van der Waals surface area (Å²) in [5, 5.41) is 3.39. The van der Waals surface area contributed by atoms with Gasteiger partial charge >= 0.3 is 5.97 Å². The van der Waals surface area contributed by atoms with Crippen LogP contribution in [0.5, 0.6) is 0 Å². The minimum Gasteiger partial charge on any atom is -0.468 e. The minimum absolute atomic E-state index is 0.112. The van der Waals surface area contributed by atoms with Crippen molar-refractivity contribution in [2.24, 2.45) is 0 Å². The van der Waals surface area contributed by atoms with Crippen LogP contribution < -0.4 is 5.32 Å².